The van der Waals surface area contributed by atoms with Crippen molar-refractivity contribution in [2.75, 3.05) is 38.2 Å². The number of benzene rings is 2. The van der Waals surface area contributed by atoms with Crippen LogP contribution in [0, 0.1) is 0 Å². The van der Waals surface area contributed by atoms with Crippen LogP contribution in [0.3, 0.4) is 0 Å². The highest BCUT2D eigenvalue weighted by Crippen LogP contribution is 2.26. The standard InChI is InChI=1S/C18H20N4O3S.CH2O2/c1-25-16-3-2-4-17(12-16)26(23,24)22-18-11-15(6-5-14(18)13-20-22)21-9-7-19-8-10-21;2-1-3/h2-6,11-13,19H,7-10H2,1H3;1H,(H,2,3). The zero-order chi connectivity index (χ0) is 20.9. The first-order valence-electron chi connectivity index (χ1n) is 8.92. The van der Waals surface area contributed by atoms with E-state index in [1.807, 2.05) is 18.2 Å². The predicted octanol–water partition coefficient (Wildman–Crippen LogP) is 1.39. The number of hydrogen-bond donors (Lipinski definition) is 2. The number of nitrogens with one attached hydrogen (secondary N) is 1. The number of nitrogens with zero attached hydrogens (tertiary/aromatic N) is 3. The summed E-state index contributed by atoms with van der Waals surface area (Å²) in [5.41, 5.74) is 1.57. The molecule has 0 saturated carbocycles. The monoisotopic (exact) mass is 418 g/mol. The van der Waals surface area contributed by atoms with Crippen LogP contribution < -0.4 is 15.0 Å². The van der Waals surface area contributed by atoms with E-state index >= 15 is 0 Å². The van der Waals surface area contributed by atoms with E-state index in [1.165, 1.54) is 13.2 Å². The van der Waals surface area contributed by atoms with Gasteiger partial charge in [-0.1, -0.05) is 6.07 Å². The van der Waals surface area contributed by atoms with Crippen LogP contribution >= 0.6 is 0 Å². The van der Waals surface area contributed by atoms with Gasteiger partial charge in [0.1, 0.15) is 5.75 Å². The van der Waals surface area contributed by atoms with Crippen LogP contribution in [0.2, 0.25) is 0 Å². The minimum Gasteiger partial charge on any atom is -0.497 e. The van der Waals surface area contributed by atoms with Crippen molar-refractivity contribution in [1.82, 2.24) is 14.5 Å². The van der Waals surface area contributed by atoms with E-state index in [4.69, 9.17) is 14.6 Å². The largest absolute Gasteiger partial charge is 0.497 e. The molecule has 4 rings (SSSR count). The van der Waals surface area contributed by atoms with Gasteiger partial charge in [-0.3, -0.25) is 4.79 Å². The summed E-state index contributed by atoms with van der Waals surface area (Å²) in [4.78, 5) is 10.8. The quantitative estimate of drug-likeness (QED) is 0.611. The molecule has 29 heavy (non-hydrogen) atoms. The van der Waals surface area contributed by atoms with E-state index in [1.54, 1.807) is 24.4 Å². The average molecular weight is 418 g/mol. The lowest BCUT2D eigenvalue weighted by molar-refractivity contribution is -0.122. The molecule has 9 nitrogen and oxygen atoms in total. The summed E-state index contributed by atoms with van der Waals surface area (Å²) in [5.74, 6) is 0.490. The lowest BCUT2D eigenvalue weighted by Crippen LogP contribution is -2.43. The van der Waals surface area contributed by atoms with E-state index in [0.717, 1.165) is 41.3 Å². The van der Waals surface area contributed by atoms with Gasteiger partial charge in [0.2, 0.25) is 0 Å². The average Bonchev–Trinajstić information content (AvgIpc) is 3.19. The van der Waals surface area contributed by atoms with E-state index in [-0.39, 0.29) is 11.4 Å². The molecule has 0 atom stereocenters. The Balaban J connectivity index is 0.000000755. The van der Waals surface area contributed by atoms with Gasteiger partial charge in [-0.25, -0.2) is 0 Å². The van der Waals surface area contributed by atoms with Crippen molar-refractivity contribution in [3.63, 3.8) is 0 Å². The molecule has 1 saturated heterocycles. The topological polar surface area (TPSA) is 114 Å². The van der Waals surface area contributed by atoms with Crippen molar-refractivity contribution in [2.24, 2.45) is 0 Å². The maximum atomic E-state index is 13.1. The van der Waals surface area contributed by atoms with Crippen molar-refractivity contribution in [1.29, 1.82) is 0 Å². The number of ether oxygens (including phenoxy) is 1. The van der Waals surface area contributed by atoms with E-state index in [0.29, 0.717) is 11.3 Å². The number of carboxylic acid groups (broad SMARTS) is 1. The van der Waals surface area contributed by atoms with Crippen molar-refractivity contribution >= 4 is 33.1 Å². The molecule has 154 valence electrons. The lowest BCUT2D eigenvalue weighted by atomic mass is 10.2. The van der Waals surface area contributed by atoms with Gasteiger partial charge >= 0.3 is 0 Å². The molecule has 1 aliphatic heterocycles. The number of hydrogen-bond acceptors (Lipinski definition) is 7. The summed E-state index contributed by atoms with van der Waals surface area (Å²) in [7, 11) is -2.30. The van der Waals surface area contributed by atoms with Gasteiger partial charge in [0.05, 0.1) is 23.7 Å². The highest BCUT2D eigenvalue weighted by molar-refractivity contribution is 7.90. The van der Waals surface area contributed by atoms with Crippen LogP contribution in [0.15, 0.2) is 53.6 Å². The number of fused-ring (bicyclic) bond motifs is 1. The summed E-state index contributed by atoms with van der Waals surface area (Å²) < 4.78 is 32.4. The highest BCUT2D eigenvalue weighted by atomic mass is 32.2. The Kier molecular flexibility index (Phi) is 6.35. The van der Waals surface area contributed by atoms with Crippen LogP contribution in [0.1, 0.15) is 0 Å². The Hall–Kier alpha value is -3.11. The number of methoxy groups -OCH3 is 1. The third-order valence-corrected chi connectivity index (χ3v) is 6.17. The Morgan fingerprint density at radius 1 is 1.17 bits per heavy atom. The molecule has 1 fully saturated rings. The molecule has 0 radical (unpaired) electrons. The molecule has 1 aliphatic rings. The summed E-state index contributed by atoms with van der Waals surface area (Å²) in [6.07, 6.45) is 1.58. The Morgan fingerprint density at radius 2 is 1.90 bits per heavy atom. The maximum absolute atomic E-state index is 13.1. The zero-order valence-corrected chi connectivity index (χ0v) is 16.7. The molecule has 0 aliphatic carbocycles. The van der Waals surface area contributed by atoms with Gasteiger partial charge in [0, 0.05) is 43.3 Å². The van der Waals surface area contributed by atoms with Gasteiger partial charge in [0.15, 0.2) is 0 Å². The highest BCUT2D eigenvalue weighted by Gasteiger charge is 2.22. The van der Waals surface area contributed by atoms with Gasteiger partial charge in [-0.2, -0.15) is 17.6 Å². The number of rotatable bonds is 4. The fourth-order valence-electron chi connectivity index (χ4n) is 3.16. The fourth-order valence-corrected chi connectivity index (χ4v) is 4.46. The molecule has 3 aromatic rings. The van der Waals surface area contributed by atoms with E-state index in [2.05, 4.69) is 15.3 Å². The van der Waals surface area contributed by atoms with Crippen LogP contribution in [-0.4, -0.2) is 62.5 Å². The molecule has 2 aromatic carbocycles. The molecule has 0 unspecified atom stereocenters. The molecule has 10 heteroatoms. The van der Waals surface area contributed by atoms with Crippen molar-refractivity contribution in [3.05, 3.63) is 48.7 Å². The minimum absolute atomic E-state index is 0.148. The predicted molar refractivity (Wildman–Crippen MR) is 109 cm³/mol. The van der Waals surface area contributed by atoms with Gasteiger partial charge in [-0.05, 0) is 30.3 Å². The second kappa shape index (κ2) is 8.93. The zero-order valence-electron chi connectivity index (χ0n) is 15.9. The smallest absolute Gasteiger partial charge is 0.290 e. The molecule has 1 aromatic heterocycles. The Labute approximate surface area is 168 Å². The van der Waals surface area contributed by atoms with Crippen molar-refractivity contribution in [3.8, 4) is 5.75 Å². The maximum Gasteiger partial charge on any atom is 0.290 e. The number of piperazine rings is 1. The van der Waals surface area contributed by atoms with Gasteiger partial charge < -0.3 is 20.1 Å². The second-order valence-electron chi connectivity index (χ2n) is 6.26. The second-order valence-corrected chi connectivity index (χ2v) is 8.02. The summed E-state index contributed by atoms with van der Waals surface area (Å²) >= 11 is 0. The molecular formula is C19H22N4O5S. The van der Waals surface area contributed by atoms with E-state index in [9.17, 15) is 8.42 Å². The lowest BCUT2D eigenvalue weighted by Gasteiger charge is -2.29. The summed E-state index contributed by atoms with van der Waals surface area (Å²) in [6, 6.07) is 12.2. The first kappa shape index (κ1) is 20.6. The molecule has 0 amide bonds. The summed E-state index contributed by atoms with van der Waals surface area (Å²) in [6.45, 7) is 3.36. The van der Waals surface area contributed by atoms with Crippen LogP contribution in [-0.2, 0) is 14.8 Å². The number of aromatic nitrogens is 2. The molecule has 2 N–H and O–H groups in total. The Morgan fingerprint density at radius 3 is 2.59 bits per heavy atom. The van der Waals surface area contributed by atoms with E-state index < -0.39 is 10.0 Å². The van der Waals surface area contributed by atoms with Crippen molar-refractivity contribution in [2.45, 2.75) is 4.90 Å². The van der Waals surface area contributed by atoms with Crippen LogP contribution in [0.4, 0.5) is 5.69 Å². The molecule has 0 spiro atoms. The Bertz CT molecular complexity index is 1090. The fraction of sp³-hybridized carbons (Fsp3) is 0.263. The summed E-state index contributed by atoms with van der Waals surface area (Å²) in [5, 5.41) is 15.1. The van der Waals surface area contributed by atoms with Crippen LogP contribution in [0.5, 0.6) is 5.75 Å². The first-order chi connectivity index (χ1) is 14.0. The first-order valence-corrected chi connectivity index (χ1v) is 10.4. The van der Waals surface area contributed by atoms with Gasteiger partial charge in [0.25, 0.3) is 16.5 Å². The molecule has 0 bridgehead atoms. The number of carbonyl (C=O) groups is 1. The third kappa shape index (κ3) is 4.33. The normalized spacial score (nSPS) is 14.2. The van der Waals surface area contributed by atoms with Crippen molar-refractivity contribution < 1.29 is 23.1 Å². The SMILES string of the molecule is COc1cccc(S(=O)(=O)n2ncc3ccc(N4CCNCC4)cc32)c1.O=CO. The molecular weight excluding hydrogens is 396 g/mol. The third-order valence-electron chi connectivity index (χ3n) is 4.57. The minimum atomic E-state index is -3.81. The van der Waals surface area contributed by atoms with Crippen LogP contribution in [0.25, 0.3) is 10.9 Å². The molecule has 2 heterocycles. The van der Waals surface area contributed by atoms with Gasteiger partial charge in [-0.15, -0.1) is 0 Å². The number of anilines is 1.